The van der Waals surface area contributed by atoms with Crippen LogP contribution in [0.25, 0.3) is 10.9 Å². The molecule has 13 heteroatoms. The summed E-state index contributed by atoms with van der Waals surface area (Å²) in [7, 11) is 3.17. The van der Waals surface area contributed by atoms with Crippen LogP contribution >= 0.6 is 0 Å². The zero-order valence-electron chi connectivity index (χ0n) is 32.2. The number of carbonyl (C=O) groups is 4. The first-order chi connectivity index (χ1) is 25.0. The first-order valence-electron chi connectivity index (χ1n) is 18.7. The molecule has 0 bridgehead atoms. The highest BCUT2D eigenvalue weighted by Gasteiger charge is 2.61. The molecule has 53 heavy (non-hydrogen) atoms. The molecule has 1 saturated heterocycles. The molecule has 0 spiro atoms. The van der Waals surface area contributed by atoms with Crippen LogP contribution in [0, 0.1) is 17.3 Å². The number of amides is 4. The summed E-state index contributed by atoms with van der Waals surface area (Å²) in [6.45, 7) is 14.7. The van der Waals surface area contributed by atoms with Crippen molar-refractivity contribution in [2.24, 2.45) is 17.3 Å². The number of aromatic nitrogens is 1. The van der Waals surface area contributed by atoms with E-state index in [0.29, 0.717) is 23.8 Å². The standard InChI is InChI=1S/C40H55N5O8/c1-10-24-20-40(24,36(48)43-34(51-9)23-13-14-23)44-33(46)30-18-26(21-45(30)35(47)32(38(2,3)4)42-37(49)53-39(5,6)7)52-31-19-28(22-11-12-22)41-29-17-25(50-8)15-16-27(29)31/h10,15-17,19,22-24,26,30,32,34H,1,11-14,18,20-21H2,2-9H3,(H,42,49)(H,43,48)(H,44,46)/t24-,26-,30+,32-,34?,40-/m1/s1. The maximum atomic E-state index is 14.6. The Hall–Kier alpha value is -4.39. The highest BCUT2D eigenvalue weighted by Crippen LogP contribution is 2.46. The van der Waals surface area contributed by atoms with Crippen molar-refractivity contribution in [2.75, 3.05) is 20.8 Å². The topological polar surface area (TPSA) is 157 Å². The summed E-state index contributed by atoms with van der Waals surface area (Å²) in [5.41, 5.74) is -1.11. The van der Waals surface area contributed by atoms with Crippen LogP contribution in [0.3, 0.4) is 0 Å². The molecule has 2 aromatic rings. The summed E-state index contributed by atoms with van der Waals surface area (Å²) in [5, 5.41) is 9.58. The fourth-order valence-electron chi connectivity index (χ4n) is 7.17. The van der Waals surface area contributed by atoms with Gasteiger partial charge in [0.05, 0.1) is 19.2 Å². The average Bonchev–Trinajstić information content (AvgIpc) is 3.98. The minimum atomic E-state index is -1.23. The SMILES string of the molecule is C=C[C@@H]1C[C@]1(NC(=O)[C@@H]1C[C@@H](Oc2cc(C3CC3)nc3cc(OC)ccc23)CN1C(=O)[C@@H](NC(=O)OC(C)(C)C)C(C)(C)C)C(=O)NC(OC)C1CC1. The number of rotatable bonds is 13. The van der Waals surface area contributed by atoms with Crippen molar-refractivity contribution < 1.29 is 38.1 Å². The van der Waals surface area contributed by atoms with Gasteiger partial charge in [-0.2, -0.15) is 0 Å². The van der Waals surface area contributed by atoms with Gasteiger partial charge >= 0.3 is 6.09 Å². The molecule has 6 atom stereocenters. The highest BCUT2D eigenvalue weighted by atomic mass is 16.6. The lowest BCUT2D eigenvalue weighted by molar-refractivity contribution is -0.143. The monoisotopic (exact) mass is 733 g/mol. The molecule has 3 saturated carbocycles. The molecule has 13 nitrogen and oxygen atoms in total. The van der Waals surface area contributed by atoms with Crippen LogP contribution < -0.4 is 25.4 Å². The molecular formula is C40H55N5O8. The van der Waals surface area contributed by atoms with Gasteiger partial charge in [-0.25, -0.2) is 4.79 Å². The number of hydrogen-bond donors (Lipinski definition) is 3. The van der Waals surface area contributed by atoms with E-state index in [1.165, 1.54) is 4.90 Å². The third-order valence-electron chi connectivity index (χ3n) is 10.5. The second-order valence-corrected chi connectivity index (χ2v) is 17.1. The van der Waals surface area contributed by atoms with Gasteiger partial charge in [0.2, 0.25) is 17.7 Å². The molecule has 3 N–H and O–H groups in total. The number of hydrogen-bond acceptors (Lipinski definition) is 9. The quantitative estimate of drug-likeness (QED) is 0.191. The Morgan fingerprint density at radius 1 is 1.02 bits per heavy atom. The van der Waals surface area contributed by atoms with Crippen molar-refractivity contribution in [1.82, 2.24) is 25.8 Å². The maximum Gasteiger partial charge on any atom is 0.408 e. The lowest BCUT2D eigenvalue weighted by Gasteiger charge is -2.36. The van der Waals surface area contributed by atoms with Gasteiger partial charge in [-0.05, 0) is 70.4 Å². The van der Waals surface area contributed by atoms with Gasteiger partial charge in [-0.1, -0.05) is 26.8 Å². The number of alkyl carbamates (subject to hydrolysis) is 1. The normalized spacial score (nSPS) is 25.2. The van der Waals surface area contributed by atoms with E-state index in [1.807, 2.05) is 45.0 Å². The Balaban J connectivity index is 1.30. The van der Waals surface area contributed by atoms with Crippen LogP contribution in [0.5, 0.6) is 11.5 Å². The van der Waals surface area contributed by atoms with Gasteiger partial charge in [-0.15, -0.1) is 6.58 Å². The van der Waals surface area contributed by atoms with Crippen LogP contribution in [-0.2, 0) is 23.9 Å². The Morgan fingerprint density at radius 3 is 2.30 bits per heavy atom. The zero-order valence-corrected chi connectivity index (χ0v) is 32.2. The molecule has 1 unspecified atom stereocenters. The lowest BCUT2D eigenvalue weighted by atomic mass is 9.85. The molecule has 1 aliphatic heterocycles. The van der Waals surface area contributed by atoms with E-state index in [0.717, 1.165) is 42.3 Å². The number of fused-ring (bicyclic) bond motifs is 1. The fourth-order valence-corrected chi connectivity index (χ4v) is 7.17. The summed E-state index contributed by atoms with van der Waals surface area (Å²) in [6.07, 6.45) is 4.41. The van der Waals surface area contributed by atoms with Gasteiger partial charge < -0.3 is 39.8 Å². The Bertz CT molecular complexity index is 1760. The smallest absolute Gasteiger partial charge is 0.408 e. The van der Waals surface area contributed by atoms with Crippen LogP contribution in [0.2, 0.25) is 0 Å². The van der Waals surface area contributed by atoms with Gasteiger partial charge in [0, 0.05) is 54.5 Å². The molecule has 4 fully saturated rings. The van der Waals surface area contributed by atoms with Gasteiger partial charge in [0.25, 0.3) is 0 Å². The summed E-state index contributed by atoms with van der Waals surface area (Å²) >= 11 is 0. The minimum Gasteiger partial charge on any atom is -0.497 e. The highest BCUT2D eigenvalue weighted by molar-refractivity contribution is 5.98. The molecule has 4 aliphatic rings. The van der Waals surface area contributed by atoms with Crippen molar-refractivity contribution >= 4 is 34.7 Å². The van der Waals surface area contributed by atoms with Crippen LogP contribution in [0.1, 0.15) is 91.7 Å². The fraction of sp³-hybridized carbons (Fsp3) is 0.625. The van der Waals surface area contributed by atoms with Gasteiger partial charge in [0.15, 0.2) is 0 Å². The molecule has 1 aromatic carbocycles. The number of carbonyl (C=O) groups excluding carboxylic acids is 4. The molecule has 1 aromatic heterocycles. The van der Waals surface area contributed by atoms with E-state index in [9.17, 15) is 19.2 Å². The predicted octanol–water partition coefficient (Wildman–Crippen LogP) is 4.97. The number of nitrogens with zero attached hydrogens (tertiary/aromatic N) is 2. The predicted molar refractivity (Wildman–Crippen MR) is 198 cm³/mol. The number of likely N-dealkylation sites (tertiary alicyclic amines) is 1. The van der Waals surface area contributed by atoms with E-state index >= 15 is 0 Å². The molecule has 0 radical (unpaired) electrons. The second kappa shape index (κ2) is 14.4. The number of ether oxygens (including phenoxy) is 4. The second-order valence-electron chi connectivity index (χ2n) is 17.1. The molecule has 2 heterocycles. The van der Waals surface area contributed by atoms with E-state index in [4.69, 9.17) is 23.9 Å². The number of pyridine rings is 1. The van der Waals surface area contributed by atoms with E-state index in [-0.39, 0.29) is 30.7 Å². The largest absolute Gasteiger partial charge is 0.497 e. The van der Waals surface area contributed by atoms with E-state index in [1.54, 1.807) is 41.1 Å². The Morgan fingerprint density at radius 2 is 1.74 bits per heavy atom. The van der Waals surface area contributed by atoms with Crippen molar-refractivity contribution in [2.45, 2.75) is 122 Å². The molecular weight excluding hydrogens is 678 g/mol. The van der Waals surface area contributed by atoms with Gasteiger partial charge in [-0.3, -0.25) is 19.4 Å². The van der Waals surface area contributed by atoms with Crippen LogP contribution in [-0.4, -0.2) is 90.0 Å². The number of methoxy groups -OCH3 is 2. The first kappa shape index (κ1) is 38.3. The van der Waals surface area contributed by atoms with Crippen molar-refractivity contribution in [3.05, 3.63) is 42.6 Å². The van der Waals surface area contributed by atoms with Gasteiger partial charge in [0.1, 0.15) is 47.1 Å². The van der Waals surface area contributed by atoms with Crippen LogP contribution in [0.15, 0.2) is 36.9 Å². The van der Waals surface area contributed by atoms with Crippen LogP contribution in [0.4, 0.5) is 4.79 Å². The maximum absolute atomic E-state index is 14.6. The summed E-state index contributed by atoms with van der Waals surface area (Å²) < 4.78 is 23.3. The molecule has 6 rings (SSSR count). The van der Waals surface area contributed by atoms with E-state index < -0.39 is 58.9 Å². The first-order valence-corrected chi connectivity index (χ1v) is 18.7. The van der Waals surface area contributed by atoms with Crippen molar-refractivity contribution in [1.29, 1.82) is 0 Å². The Labute approximate surface area is 311 Å². The van der Waals surface area contributed by atoms with E-state index in [2.05, 4.69) is 22.5 Å². The van der Waals surface area contributed by atoms with Crippen molar-refractivity contribution in [3.63, 3.8) is 0 Å². The third kappa shape index (κ3) is 8.55. The Kier molecular flexibility index (Phi) is 10.5. The molecule has 3 aliphatic carbocycles. The summed E-state index contributed by atoms with van der Waals surface area (Å²) in [6, 6.07) is 5.53. The lowest BCUT2D eigenvalue weighted by Crippen LogP contribution is -2.60. The number of benzene rings is 1. The zero-order chi connectivity index (χ0) is 38.5. The average molecular weight is 734 g/mol. The van der Waals surface area contributed by atoms with Crippen molar-refractivity contribution in [3.8, 4) is 11.5 Å². The molecule has 288 valence electrons. The third-order valence-corrected chi connectivity index (χ3v) is 10.5. The summed E-state index contributed by atoms with van der Waals surface area (Å²) in [4.78, 5) is 62.3. The number of nitrogens with one attached hydrogen (secondary N) is 3. The molecule has 4 amide bonds. The summed E-state index contributed by atoms with van der Waals surface area (Å²) in [5.74, 6) is 0.271. The minimum absolute atomic E-state index is 0.0652.